The number of rotatable bonds is 1. The van der Waals surface area contributed by atoms with E-state index in [9.17, 15) is 0 Å². The number of hydrogen-bond donors (Lipinski definition) is 0. The Morgan fingerprint density at radius 3 is 3.17 bits per heavy atom. The fraction of sp³-hybridized carbons (Fsp3) is 0.294. The lowest BCUT2D eigenvalue weighted by Gasteiger charge is -2.43. The zero-order valence-electron chi connectivity index (χ0n) is 13.0. The minimum absolute atomic E-state index is 0.325. The number of tetrazole rings is 1. The van der Waals surface area contributed by atoms with E-state index in [0.29, 0.717) is 5.65 Å². The third kappa shape index (κ3) is 2.05. The Hall–Kier alpha value is -2.96. The molecule has 24 heavy (non-hydrogen) atoms. The van der Waals surface area contributed by atoms with E-state index in [4.69, 9.17) is 4.74 Å². The van der Waals surface area contributed by atoms with Crippen LogP contribution >= 0.6 is 0 Å². The van der Waals surface area contributed by atoms with Gasteiger partial charge in [0.15, 0.2) is 5.82 Å². The molecule has 0 bridgehead atoms. The molecule has 0 radical (unpaired) electrons. The highest BCUT2D eigenvalue weighted by Crippen LogP contribution is 2.37. The molecule has 7 nitrogen and oxygen atoms in total. The van der Waals surface area contributed by atoms with E-state index in [2.05, 4.69) is 43.6 Å². The van der Waals surface area contributed by atoms with E-state index in [1.807, 2.05) is 18.2 Å². The maximum atomic E-state index is 6.39. The molecule has 0 amide bonds. The molecule has 5 rings (SSSR count). The summed E-state index contributed by atoms with van der Waals surface area (Å²) in [6, 6.07) is 8.14. The van der Waals surface area contributed by atoms with Crippen LogP contribution in [0.2, 0.25) is 0 Å². The van der Waals surface area contributed by atoms with Gasteiger partial charge in [0.2, 0.25) is 5.65 Å². The summed E-state index contributed by atoms with van der Waals surface area (Å²) in [5.41, 5.74) is 1.48. The lowest BCUT2D eigenvalue weighted by molar-refractivity contribution is 0.0985. The number of para-hydroxylation sites is 1. The number of aromatic nitrogens is 5. The van der Waals surface area contributed by atoms with Gasteiger partial charge in [-0.2, -0.15) is 4.52 Å². The Balaban J connectivity index is 1.50. The second kappa shape index (κ2) is 5.02. The highest BCUT2D eigenvalue weighted by atomic mass is 16.5. The van der Waals surface area contributed by atoms with Gasteiger partial charge < -0.3 is 9.64 Å². The first-order chi connectivity index (χ1) is 11.8. The Bertz CT molecular complexity index is 935. The van der Waals surface area contributed by atoms with Gasteiger partial charge in [-0.1, -0.05) is 24.3 Å². The molecule has 0 aliphatic carbocycles. The van der Waals surface area contributed by atoms with Crippen molar-refractivity contribution in [3.05, 3.63) is 48.3 Å². The van der Waals surface area contributed by atoms with Gasteiger partial charge in [0.25, 0.3) is 0 Å². The van der Waals surface area contributed by atoms with Crippen molar-refractivity contribution < 1.29 is 4.74 Å². The zero-order valence-corrected chi connectivity index (χ0v) is 13.0. The molecule has 2 aromatic heterocycles. The monoisotopic (exact) mass is 320 g/mol. The number of nitrogens with zero attached hydrogens (tertiary/aromatic N) is 6. The van der Waals surface area contributed by atoms with Crippen LogP contribution in [0.5, 0.6) is 5.75 Å². The minimum Gasteiger partial charge on any atom is -0.481 e. The van der Waals surface area contributed by atoms with Crippen molar-refractivity contribution in [2.24, 2.45) is 0 Å². The second-order valence-corrected chi connectivity index (χ2v) is 6.26. The van der Waals surface area contributed by atoms with Crippen LogP contribution in [-0.4, -0.2) is 43.7 Å². The predicted octanol–water partition coefficient (Wildman–Crippen LogP) is 1.96. The third-order valence-electron chi connectivity index (χ3n) is 4.68. The van der Waals surface area contributed by atoms with Crippen molar-refractivity contribution in [2.45, 2.75) is 18.4 Å². The van der Waals surface area contributed by atoms with Gasteiger partial charge in [0.1, 0.15) is 11.4 Å². The minimum atomic E-state index is -0.325. The van der Waals surface area contributed by atoms with Crippen LogP contribution in [0, 0.1) is 0 Å². The fourth-order valence-electron chi connectivity index (χ4n) is 3.55. The van der Waals surface area contributed by atoms with Gasteiger partial charge in [-0.3, -0.25) is 0 Å². The second-order valence-electron chi connectivity index (χ2n) is 6.26. The molecule has 4 heterocycles. The van der Waals surface area contributed by atoms with E-state index >= 15 is 0 Å². The first kappa shape index (κ1) is 13.5. The van der Waals surface area contributed by atoms with Gasteiger partial charge in [0.05, 0.1) is 12.7 Å². The van der Waals surface area contributed by atoms with E-state index < -0.39 is 0 Å². The Morgan fingerprint density at radius 2 is 2.17 bits per heavy atom. The standard InChI is InChI=1S/C17H16N6O/c1-2-5-14-13(4-1)6-8-17(24-14)7-3-10-22(12-17)15-16-19-20-21-23(16)11-9-18-15/h1-2,4-6,8-9,11H,3,7,10,12H2. The third-order valence-corrected chi connectivity index (χ3v) is 4.68. The van der Waals surface area contributed by atoms with Crippen molar-refractivity contribution in [3.63, 3.8) is 0 Å². The number of hydrogen-bond acceptors (Lipinski definition) is 6. The number of piperidine rings is 1. The summed E-state index contributed by atoms with van der Waals surface area (Å²) in [4.78, 5) is 6.72. The van der Waals surface area contributed by atoms with Crippen LogP contribution in [0.15, 0.2) is 42.7 Å². The van der Waals surface area contributed by atoms with Crippen LogP contribution in [0.25, 0.3) is 11.7 Å². The number of ether oxygens (including phenoxy) is 1. The Kier molecular flexibility index (Phi) is 2.82. The first-order valence-corrected chi connectivity index (χ1v) is 8.08. The smallest absolute Gasteiger partial charge is 0.221 e. The zero-order chi connectivity index (χ0) is 16.0. The topological polar surface area (TPSA) is 68.4 Å². The Labute approximate surface area is 138 Å². The van der Waals surface area contributed by atoms with Gasteiger partial charge in [-0.05, 0) is 35.4 Å². The lowest BCUT2D eigenvalue weighted by Crippen LogP contribution is -2.51. The van der Waals surface area contributed by atoms with Crippen molar-refractivity contribution in [1.82, 2.24) is 25.0 Å². The van der Waals surface area contributed by atoms with Crippen LogP contribution in [0.3, 0.4) is 0 Å². The van der Waals surface area contributed by atoms with E-state index in [-0.39, 0.29) is 5.60 Å². The summed E-state index contributed by atoms with van der Waals surface area (Å²) >= 11 is 0. The molecule has 2 aliphatic heterocycles. The van der Waals surface area contributed by atoms with E-state index in [1.165, 1.54) is 0 Å². The van der Waals surface area contributed by atoms with Crippen LogP contribution in [-0.2, 0) is 0 Å². The van der Waals surface area contributed by atoms with Gasteiger partial charge in [-0.15, -0.1) is 5.10 Å². The summed E-state index contributed by atoms with van der Waals surface area (Å²) in [6.45, 7) is 1.65. The molecule has 120 valence electrons. The molecular weight excluding hydrogens is 304 g/mol. The van der Waals surface area contributed by atoms with E-state index in [0.717, 1.165) is 43.1 Å². The van der Waals surface area contributed by atoms with E-state index in [1.54, 1.807) is 16.9 Å². The molecule has 0 saturated carbocycles. The van der Waals surface area contributed by atoms with Gasteiger partial charge in [0, 0.05) is 18.3 Å². The van der Waals surface area contributed by atoms with Crippen LogP contribution in [0.4, 0.5) is 5.82 Å². The van der Waals surface area contributed by atoms with Crippen molar-refractivity contribution in [2.75, 3.05) is 18.0 Å². The molecule has 7 heteroatoms. The van der Waals surface area contributed by atoms with Gasteiger partial charge in [-0.25, -0.2) is 4.98 Å². The molecule has 1 atom stereocenters. The SMILES string of the molecule is C1=CC2(CCCN(c3nccn4nnnc34)C2)Oc2ccccc21. The fourth-order valence-corrected chi connectivity index (χ4v) is 3.55. The summed E-state index contributed by atoms with van der Waals surface area (Å²) in [5, 5.41) is 11.8. The molecule has 1 spiro atoms. The summed E-state index contributed by atoms with van der Waals surface area (Å²) < 4.78 is 8.04. The maximum absolute atomic E-state index is 6.39. The molecule has 3 aromatic rings. The molecule has 1 aromatic carbocycles. The average molecular weight is 320 g/mol. The highest BCUT2D eigenvalue weighted by molar-refractivity contribution is 5.65. The Morgan fingerprint density at radius 1 is 1.21 bits per heavy atom. The van der Waals surface area contributed by atoms with Crippen LogP contribution in [0.1, 0.15) is 18.4 Å². The summed E-state index contributed by atoms with van der Waals surface area (Å²) in [5.74, 6) is 1.74. The van der Waals surface area contributed by atoms with Crippen molar-refractivity contribution in [3.8, 4) is 5.75 Å². The lowest BCUT2D eigenvalue weighted by atomic mass is 9.89. The molecule has 1 saturated heterocycles. The quantitative estimate of drug-likeness (QED) is 0.683. The van der Waals surface area contributed by atoms with Crippen molar-refractivity contribution in [1.29, 1.82) is 0 Å². The highest BCUT2D eigenvalue weighted by Gasteiger charge is 2.38. The number of anilines is 1. The average Bonchev–Trinajstić information content (AvgIpc) is 3.10. The number of fused-ring (bicyclic) bond motifs is 2. The molecule has 1 unspecified atom stereocenters. The normalized spacial score (nSPS) is 22.6. The molecule has 1 fully saturated rings. The molecule has 2 aliphatic rings. The largest absolute Gasteiger partial charge is 0.481 e. The van der Waals surface area contributed by atoms with Crippen molar-refractivity contribution >= 4 is 17.5 Å². The molecular formula is C17H16N6O. The maximum Gasteiger partial charge on any atom is 0.221 e. The predicted molar refractivity (Wildman–Crippen MR) is 88.9 cm³/mol. The molecule has 0 N–H and O–H groups in total. The summed E-state index contributed by atoms with van der Waals surface area (Å²) in [6.07, 6.45) is 9.84. The van der Waals surface area contributed by atoms with Gasteiger partial charge >= 0.3 is 0 Å². The number of benzene rings is 1. The first-order valence-electron chi connectivity index (χ1n) is 8.08. The van der Waals surface area contributed by atoms with Crippen LogP contribution < -0.4 is 9.64 Å². The summed E-state index contributed by atoms with van der Waals surface area (Å²) in [7, 11) is 0.